The number of morpholine rings is 1. The summed E-state index contributed by atoms with van der Waals surface area (Å²) in [5, 5.41) is 0.706. The van der Waals surface area contributed by atoms with E-state index in [9.17, 15) is 9.59 Å². The summed E-state index contributed by atoms with van der Waals surface area (Å²) >= 11 is 1.36. The molecule has 0 atom stereocenters. The van der Waals surface area contributed by atoms with E-state index in [1.807, 2.05) is 43.3 Å². The molecule has 2 aliphatic rings. The molecule has 0 N–H and O–H groups in total. The average Bonchev–Trinajstić information content (AvgIpc) is 3.11. The molecule has 1 fully saturated rings. The number of carbonyl (C=O) groups is 2. The molecule has 148 valence electrons. The van der Waals surface area contributed by atoms with Crippen molar-refractivity contribution in [3.05, 3.63) is 70.1 Å². The fourth-order valence-corrected chi connectivity index (χ4v) is 3.84. The van der Waals surface area contributed by atoms with E-state index in [1.54, 1.807) is 23.1 Å². The van der Waals surface area contributed by atoms with Crippen LogP contribution in [0.2, 0.25) is 0 Å². The molecule has 0 aliphatic carbocycles. The van der Waals surface area contributed by atoms with Crippen LogP contribution in [0.1, 0.15) is 16.7 Å². The monoisotopic (exact) mass is 408 g/mol. The second-order valence-electron chi connectivity index (χ2n) is 6.74. The predicted molar refractivity (Wildman–Crippen MR) is 113 cm³/mol. The van der Waals surface area contributed by atoms with Gasteiger partial charge in [-0.05, 0) is 30.7 Å². The molecule has 0 aromatic heterocycles. The molecule has 2 aromatic carbocycles. The summed E-state index contributed by atoms with van der Waals surface area (Å²) in [5.74, 6) is 0.221. The zero-order valence-corrected chi connectivity index (χ0v) is 16.8. The lowest BCUT2D eigenvalue weighted by atomic mass is 10.2. The van der Waals surface area contributed by atoms with Gasteiger partial charge >= 0.3 is 6.09 Å². The van der Waals surface area contributed by atoms with Gasteiger partial charge in [0, 0.05) is 18.7 Å². The lowest BCUT2D eigenvalue weighted by molar-refractivity contribution is -0.113. The molecule has 2 aliphatic heterocycles. The van der Waals surface area contributed by atoms with Crippen LogP contribution >= 0.6 is 11.8 Å². The van der Waals surface area contributed by atoms with Gasteiger partial charge in [0.25, 0.3) is 5.91 Å². The molecule has 0 saturated carbocycles. The molecule has 2 amide bonds. The smallest absolute Gasteiger partial charge is 0.410 e. The topological polar surface area (TPSA) is 68.2 Å². The molecule has 4 rings (SSSR count). The zero-order valence-electron chi connectivity index (χ0n) is 16.0. The van der Waals surface area contributed by atoms with Gasteiger partial charge < -0.3 is 14.4 Å². The van der Waals surface area contributed by atoms with Gasteiger partial charge in [0.15, 0.2) is 0 Å². The summed E-state index contributed by atoms with van der Waals surface area (Å²) in [6.45, 7) is 4.14. The minimum Gasteiger partial charge on any atom is -0.410 e. The normalized spacial score (nSPS) is 18.1. The van der Waals surface area contributed by atoms with Gasteiger partial charge in [-0.25, -0.2) is 9.79 Å². The van der Waals surface area contributed by atoms with Crippen molar-refractivity contribution in [2.45, 2.75) is 6.92 Å². The Morgan fingerprint density at radius 2 is 1.79 bits per heavy atom. The van der Waals surface area contributed by atoms with Crippen molar-refractivity contribution in [3.63, 3.8) is 0 Å². The van der Waals surface area contributed by atoms with Crippen molar-refractivity contribution in [1.29, 1.82) is 0 Å². The number of hydrogen-bond donors (Lipinski definition) is 0. The molecule has 7 heteroatoms. The third-order valence-electron chi connectivity index (χ3n) is 4.57. The molecule has 29 heavy (non-hydrogen) atoms. The number of aliphatic imine (C=N–C) groups is 1. The maximum Gasteiger partial charge on any atom is 0.415 e. The Morgan fingerprint density at radius 3 is 2.48 bits per heavy atom. The molecule has 0 radical (unpaired) electrons. The first kappa shape index (κ1) is 19.4. The first-order chi connectivity index (χ1) is 14.1. The first-order valence-electron chi connectivity index (χ1n) is 9.33. The number of ether oxygens (including phenoxy) is 2. The first-order valence-corrected chi connectivity index (χ1v) is 10.1. The van der Waals surface area contributed by atoms with Crippen molar-refractivity contribution in [3.8, 4) is 5.75 Å². The molecular weight excluding hydrogens is 388 g/mol. The SMILES string of the molecule is Cc1ccc(C2=NC(=O)/C(=C/c3ccc(OC(=O)N4CCOCC4)cc3)S2)cc1. The lowest BCUT2D eigenvalue weighted by Gasteiger charge is -2.25. The van der Waals surface area contributed by atoms with E-state index in [0.717, 1.165) is 16.7 Å². The number of carbonyl (C=O) groups excluding carboxylic acids is 2. The zero-order chi connectivity index (χ0) is 20.2. The van der Waals surface area contributed by atoms with Gasteiger partial charge in [-0.2, -0.15) is 0 Å². The Morgan fingerprint density at radius 1 is 1.10 bits per heavy atom. The number of amides is 2. The predicted octanol–water partition coefficient (Wildman–Crippen LogP) is 3.89. The highest BCUT2D eigenvalue weighted by molar-refractivity contribution is 8.19. The summed E-state index contributed by atoms with van der Waals surface area (Å²) in [6, 6.07) is 15.0. The molecule has 0 bridgehead atoms. The maximum absolute atomic E-state index is 12.3. The Labute approximate surface area is 173 Å². The van der Waals surface area contributed by atoms with E-state index in [1.165, 1.54) is 11.8 Å². The third-order valence-corrected chi connectivity index (χ3v) is 5.60. The van der Waals surface area contributed by atoms with E-state index < -0.39 is 0 Å². The molecule has 0 unspecified atom stereocenters. The van der Waals surface area contributed by atoms with Crippen molar-refractivity contribution >= 4 is 34.9 Å². The fourth-order valence-electron chi connectivity index (χ4n) is 2.92. The van der Waals surface area contributed by atoms with Crippen LogP contribution in [0.5, 0.6) is 5.75 Å². The number of hydrogen-bond acceptors (Lipinski definition) is 5. The highest BCUT2D eigenvalue weighted by Gasteiger charge is 2.23. The van der Waals surface area contributed by atoms with Gasteiger partial charge in [-0.15, -0.1) is 0 Å². The number of aryl methyl sites for hydroxylation is 1. The summed E-state index contributed by atoms with van der Waals surface area (Å²) in [4.78, 5) is 30.7. The highest BCUT2D eigenvalue weighted by Crippen LogP contribution is 2.32. The number of benzene rings is 2. The summed E-state index contributed by atoms with van der Waals surface area (Å²) in [7, 11) is 0. The van der Waals surface area contributed by atoms with Gasteiger partial charge in [0.2, 0.25) is 0 Å². The Hall–Kier alpha value is -2.90. The maximum atomic E-state index is 12.3. The fraction of sp³-hybridized carbons (Fsp3) is 0.227. The number of nitrogens with zero attached hydrogens (tertiary/aromatic N) is 2. The van der Waals surface area contributed by atoms with E-state index in [4.69, 9.17) is 9.47 Å². The second-order valence-corrected chi connectivity index (χ2v) is 7.77. The van der Waals surface area contributed by atoms with Crippen LogP contribution in [0.4, 0.5) is 4.79 Å². The second kappa shape index (κ2) is 8.63. The Kier molecular flexibility index (Phi) is 5.78. The molecule has 6 nitrogen and oxygen atoms in total. The van der Waals surface area contributed by atoms with Crippen LogP contribution in [0.25, 0.3) is 6.08 Å². The van der Waals surface area contributed by atoms with E-state index >= 15 is 0 Å². The van der Waals surface area contributed by atoms with Crippen LogP contribution in [0, 0.1) is 6.92 Å². The van der Waals surface area contributed by atoms with Gasteiger partial charge in [-0.3, -0.25) is 4.79 Å². The molecule has 2 aromatic rings. The molecule has 1 saturated heterocycles. The van der Waals surface area contributed by atoms with Crippen molar-refractivity contribution < 1.29 is 19.1 Å². The quantitative estimate of drug-likeness (QED) is 0.721. The highest BCUT2D eigenvalue weighted by atomic mass is 32.2. The van der Waals surface area contributed by atoms with Crippen LogP contribution in [0.15, 0.2) is 58.4 Å². The van der Waals surface area contributed by atoms with E-state index in [0.29, 0.717) is 42.0 Å². The number of rotatable bonds is 3. The van der Waals surface area contributed by atoms with Crippen molar-refractivity contribution in [2.24, 2.45) is 4.99 Å². The van der Waals surface area contributed by atoms with Crippen LogP contribution in [-0.2, 0) is 9.53 Å². The van der Waals surface area contributed by atoms with Crippen LogP contribution < -0.4 is 4.74 Å². The summed E-state index contributed by atoms with van der Waals surface area (Å²) in [6.07, 6.45) is 1.42. The Bertz CT molecular complexity index is 975. The average molecular weight is 408 g/mol. The van der Waals surface area contributed by atoms with E-state index in [-0.39, 0.29) is 12.0 Å². The van der Waals surface area contributed by atoms with Gasteiger partial charge in [0.1, 0.15) is 10.8 Å². The van der Waals surface area contributed by atoms with Crippen molar-refractivity contribution in [1.82, 2.24) is 4.90 Å². The van der Waals surface area contributed by atoms with Gasteiger partial charge in [0.05, 0.1) is 18.1 Å². The van der Waals surface area contributed by atoms with Crippen molar-refractivity contribution in [2.75, 3.05) is 26.3 Å². The van der Waals surface area contributed by atoms with Gasteiger partial charge in [-0.1, -0.05) is 53.7 Å². The largest absolute Gasteiger partial charge is 0.415 e. The summed E-state index contributed by atoms with van der Waals surface area (Å²) < 4.78 is 10.6. The minimum absolute atomic E-state index is 0.242. The summed E-state index contributed by atoms with van der Waals surface area (Å²) in [5.41, 5.74) is 2.93. The lowest BCUT2D eigenvalue weighted by Crippen LogP contribution is -2.42. The van der Waals surface area contributed by atoms with E-state index in [2.05, 4.69) is 4.99 Å². The standard InChI is InChI=1S/C22H20N2O4S/c1-15-2-6-17(7-3-15)21-23-20(25)19(29-21)14-16-4-8-18(9-5-16)28-22(26)24-10-12-27-13-11-24/h2-9,14H,10-13H2,1H3/b19-14-. The van der Waals surface area contributed by atoms with Crippen LogP contribution in [-0.4, -0.2) is 48.2 Å². The minimum atomic E-state index is -0.378. The molecule has 2 heterocycles. The molecular formula is C22H20N2O4S. The van der Waals surface area contributed by atoms with Crippen LogP contribution in [0.3, 0.4) is 0 Å². The Balaban J connectivity index is 1.40. The number of thioether (sulfide) groups is 1. The molecule has 0 spiro atoms. The third kappa shape index (κ3) is 4.75.